The van der Waals surface area contributed by atoms with Gasteiger partial charge in [0.25, 0.3) is 5.91 Å². The highest BCUT2D eigenvalue weighted by Crippen LogP contribution is 2.43. The van der Waals surface area contributed by atoms with Crippen LogP contribution in [-0.4, -0.2) is 56.7 Å². The Bertz CT molecular complexity index is 913. The van der Waals surface area contributed by atoms with Gasteiger partial charge in [-0.25, -0.2) is 4.79 Å². The zero-order chi connectivity index (χ0) is 21.7. The summed E-state index contributed by atoms with van der Waals surface area (Å²) in [6, 6.07) is 15.2. The van der Waals surface area contributed by atoms with Crippen LogP contribution in [0.25, 0.3) is 0 Å². The Balaban J connectivity index is 2.08. The molecule has 0 aromatic heterocycles. The number of benzene rings is 2. The van der Waals surface area contributed by atoms with E-state index in [9.17, 15) is 14.4 Å². The lowest BCUT2D eigenvalue weighted by Crippen LogP contribution is -2.44. The van der Waals surface area contributed by atoms with Crippen molar-refractivity contribution in [2.75, 3.05) is 27.9 Å². The summed E-state index contributed by atoms with van der Waals surface area (Å²) in [7, 11) is 4.14. The first-order chi connectivity index (χ1) is 14.5. The second-order valence-corrected chi connectivity index (χ2v) is 7.08. The number of hydrogen-bond acceptors (Lipinski definition) is 6. The van der Waals surface area contributed by atoms with E-state index in [-0.39, 0.29) is 24.8 Å². The number of rotatable bonds is 6. The van der Waals surface area contributed by atoms with Crippen molar-refractivity contribution in [1.82, 2.24) is 4.90 Å². The summed E-state index contributed by atoms with van der Waals surface area (Å²) >= 11 is 0. The molecule has 0 aliphatic carbocycles. The van der Waals surface area contributed by atoms with E-state index in [4.69, 9.17) is 14.2 Å². The number of para-hydroxylation sites is 1. The topological polar surface area (TPSA) is 82.1 Å². The molecule has 1 heterocycles. The van der Waals surface area contributed by atoms with Gasteiger partial charge >= 0.3 is 11.9 Å². The lowest BCUT2D eigenvalue weighted by atomic mass is 9.82. The summed E-state index contributed by atoms with van der Waals surface area (Å²) < 4.78 is 15.4. The molecule has 0 bridgehead atoms. The van der Waals surface area contributed by atoms with E-state index < -0.39 is 23.9 Å². The molecule has 0 spiro atoms. The minimum Gasteiger partial charge on any atom is -0.496 e. The van der Waals surface area contributed by atoms with Crippen LogP contribution in [0.15, 0.2) is 54.6 Å². The number of carbonyl (C=O) groups excluding carboxylic acids is 3. The average Bonchev–Trinajstić information content (AvgIpc) is 3.17. The van der Waals surface area contributed by atoms with Gasteiger partial charge in [-0.1, -0.05) is 36.4 Å². The molecule has 1 aliphatic rings. The highest BCUT2D eigenvalue weighted by atomic mass is 16.5. The number of methoxy groups -OCH3 is 3. The van der Waals surface area contributed by atoms with Gasteiger partial charge in [0.05, 0.1) is 27.8 Å². The third-order valence-electron chi connectivity index (χ3n) is 5.54. The van der Waals surface area contributed by atoms with Crippen molar-refractivity contribution in [3.05, 3.63) is 65.7 Å². The van der Waals surface area contributed by atoms with Gasteiger partial charge in [-0.2, -0.15) is 0 Å². The van der Waals surface area contributed by atoms with E-state index in [0.717, 1.165) is 5.56 Å². The Morgan fingerprint density at radius 1 is 0.933 bits per heavy atom. The summed E-state index contributed by atoms with van der Waals surface area (Å²) in [4.78, 5) is 39.7. The Labute approximate surface area is 175 Å². The summed E-state index contributed by atoms with van der Waals surface area (Å²) in [6.45, 7) is 0.246. The smallest absolute Gasteiger partial charge is 0.328 e. The van der Waals surface area contributed by atoms with Gasteiger partial charge in [0.15, 0.2) is 0 Å². The molecule has 1 saturated heterocycles. The first-order valence-electron chi connectivity index (χ1n) is 9.65. The average molecular weight is 411 g/mol. The maximum absolute atomic E-state index is 13.3. The molecule has 7 nitrogen and oxygen atoms in total. The highest BCUT2D eigenvalue weighted by Gasteiger charge is 2.50. The summed E-state index contributed by atoms with van der Waals surface area (Å²) in [5, 5.41) is 0. The standard InChI is InChI=1S/C23H25NO6/c1-28-19-12-8-7-11-16(19)18-14-24(22(26)15-9-5-4-6-10-15)21(23(27)30-3)17(18)13-20(25)29-2/h4-12,17-18,21H,13-14H2,1-3H3/t17-,18+,21-/m0/s1. The Morgan fingerprint density at radius 3 is 2.23 bits per heavy atom. The highest BCUT2D eigenvalue weighted by molar-refractivity contribution is 5.97. The number of carbonyl (C=O) groups is 3. The van der Waals surface area contributed by atoms with E-state index in [2.05, 4.69) is 0 Å². The van der Waals surface area contributed by atoms with Crippen LogP contribution in [0.1, 0.15) is 28.3 Å². The fourth-order valence-corrected chi connectivity index (χ4v) is 4.12. The van der Waals surface area contributed by atoms with Crippen molar-refractivity contribution in [3.63, 3.8) is 0 Å². The molecular weight excluding hydrogens is 386 g/mol. The molecule has 0 unspecified atom stereocenters. The first kappa shape index (κ1) is 21.4. The second kappa shape index (κ2) is 9.43. The van der Waals surface area contributed by atoms with Crippen molar-refractivity contribution in [2.45, 2.75) is 18.4 Å². The molecule has 0 saturated carbocycles. The molecule has 158 valence electrons. The molecule has 0 N–H and O–H groups in total. The maximum atomic E-state index is 13.3. The molecule has 3 atom stereocenters. The third-order valence-corrected chi connectivity index (χ3v) is 5.54. The number of nitrogens with zero attached hydrogens (tertiary/aromatic N) is 1. The Morgan fingerprint density at radius 2 is 1.60 bits per heavy atom. The van der Waals surface area contributed by atoms with Gasteiger partial charge in [-0.3, -0.25) is 9.59 Å². The number of likely N-dealkylation sites (tertiary alicyclic amines) is 1. The van der Waals surface area contributed by atoms with Crippen LogP contribution >= 0.6 is 0 Å². The fourth-order valence-electron chi connectivity index (χ4n) is 4.12. The van der Waals surface area contributed by atoms with Gasteiger partial charge in [0.1, 0.15) is 11.8 Å². The summed E-state index contributed by atoms with van der Waals surface area (Å²) in [5.74, 6) is -1.51. The van der Waals surface area contributed by atoms with E-state index in [1.165, 1.54) is 19.1 Å². The van der Waals surface area contributed by atoms with Crippen molar-refractivity contribution in [3.8, 4) is 5.75 Å². The fraction of sp³-hybridized carbons (Fsp3) is 0.348. The molecule has 1 fully saturated rings. The molecule has 2 aromatic carbocycles. The lowest BCUT2D eigenvalue weighted by Gasteiger charge is -2.26. The minimum atomic E-state index is -0.920. The van der Waals surface area contributed by atoms with Crippen molar-refractivity contribution in [1.29, 1.82) is 0 Å². The molecule has 3 rings (SSSR count). The molecule has 30 heavy (non-hydrogen) atoms. The monoisotopic (exact) mass is 411 g/mol. The number of hydrogen-bond donors (Lipinski definition) is 0. The van der Waals surface area contributed by atoms with Gasteiger partial charge in [0.2, 0.25) is 0 Å². The first-order valence-corrected chi connectivity index (χ1v) is 9.65. The van der Waals surface area contributed by atoms with Crippen LogP contribution in [0.5, 0.6) is 5.75 Å². The van der Waals surface area contributed by atoms with Gasteiger partial charge in [-0.15, -0.1) is 0 Å². The van der Waals surface area contributed by atoms with Crippen LogP contribution in [0.2, 0.25) is 0 Å². The van der Waals surface area contributed by atoms with Crippen LogP contribution in [0.3, 0.4) is 0 Å². The number of amides is 1. The van der Waals surface area contributed by atoms with Crippen LogP contribution in [0.4, 0.5) is 0 Å². The summed E-state index contributed by atoms with van der Waals surface area (Å²) in [6.07, 6.45) is -0.0302. The quantitative estimate of drug-likeness (QED) is 0.680. The number of ether oxygens (including phenoxy) is 3. The lowest BCUT2D eigenvalue weighted by molar-refractivity contribution is -0.148. The molecule has 1 amide bonds. The molecule has 1 aliphatic heterocycles. The van der Waals surface area contributed by atoms with Gasteiger partial charge in [-0.05, 0) is 23.8 Å². The van der Waals surface area contributed by atoms with Gasteiger partial charge < -0.3 is 19.1 Å². The molecular formula is C23H25NO6. The zero-order valence-electron chi connectivity index (χ0n) is 17.2. The van der Waals surface area contributed by atoms with E-state index in [0.29, 0.717) is 11.3 Å². The van der Waals surface area contributed by atoms with Crippen LogP contribution in [0, 0.1) is 5.92 Å². The predicted molar refractivity (Wildman–Crippen MR) is 109 cm³/mol. The normalized spacial score (nSPS) is 20.5. The second-order valence-electron chi connectivity index (χ2n) is 7.08. The zero-order valence-corrected chi connectivity index (χ0v) is 17.2. The minimum absolute atomic E-state index is 0.0302. The van der Waals surface area contributed by atoms with E-state index >= 15 is 0 Å². The summed E-state index contributed by atoms with van der Waals surface area (Å²) in [5.41, 5.74) is 1.29. The molecule has 0 radical (unpaired) electrons. The third kappa shape index (κ3) is 4.15. The maximum Gasteiger partial charge on any atom is 0.328 e. The Kier molecular flexibility index (Phi) is 6.72. The Hall–Kier alpha value is -3.35. The van der Waals surface area contributed by atoms with Crippen LogP contribution in [-0.2, 0) is 19.1 Å². The van der Waals surface area contributed by atoms with E-state index in [1.807, 2.05) is 30.3 Å². The number of esters is 2. The van der Waals surface area contributed by atoms with Crippen LogP contribution < -0.4 is 4.74 Å². The molecule has 2 aromatic rings. The predicted octanol–water partition coefficient (Wildman–Crippen LogP) is 2.66. The molecule has 7 heteroatoms. The van der Waals surface area contributed by atoms with Gasteiger partial charge in [0, 0.05) is 23.9 Å². The van der Waals surface area contributed by atoms with Crippen molar-refractivity contribution < 1.29 is 28.6 Å². The largest absolute Gasteiger partial charge is 0.496 e. The van der Waals surface area contributed by atoms with Crippen molar-refractivity contribution >= 4 is 17.8 Å². The van der Waals surface area contributed by atoms with Crippen molar-refractivity contribution in [2.24, 2.45) is 5.92 Å². The SMILES string of the molecule is COC(=O)C[C@H]1[C@@H](c2ccccc2OC)CN(C(=O)c2ccccc2)[C@@H]1C(=O)OC. The van der Waals surface area contributed by atoms with E-state index in [1.54, 1.807) is 31.4 Å².